The molecular formula is C12H9ClN2O. The second-order valence-corrected chi connectivity index (χ2v) is 3.86. The van der Waals surface area contributed by atoms with Gasteiger partial charge in [-0.05, 0) is 23.8 Å². The number of fused-ring (bicyclic) bond motifs is 1. The summed E-state index contributed by atoms with van der Waals surface area (Å²) in [6.45, 7) is -0.196. The minimum absolute atomic E-state index is 0.196. The lowest BCUT2D eigenvalue weighted by Crippen LogP contribution is -2.02. The molecule has 2 rings (SSSR count). The van der Waals surface area contributed by atoms with E-state index in [1.165, 1.54) is 0 Å². The van der Waals surface area contributed by atoms with Gasteiger partial charge in [-0.3, -0.25) is 4.98 Å². The maximum absolute atomic E-state index is 9.12. The van der Waals surface area contributed by atoms with Crippen LogP contribution in [-0.4, -0.2) is 16.7 Å². The van der Waals surface area contributed by atoms with E-state index in [-0.39, 0.29) is 6.61 Å². The summed E-state index contributed by atoms with van der Waals surface area (Å²) in [5.41, 5.74) is 1.52. The van der Waals surface area contributed by atoms with E-state index >= 15 is 0 Å². The Balaban J connectivity index is 2.67. The summed E-state index contributed by atoms with van der Waals surface area (Å²) in [6, 6.07) is 9.13. The first-order chi connectivity index (χ1) is 7.76. The van der Waals surface area contributed by atoms with Crippen LogP contribution in [0.1, 0.15) is 11.5 Å². The third kappa shape index (κ3) is 1.85. The molecule has 1 N–H and O–H groups in total. The summed E-state index contributed by atoms with van der Waals surface area (Å²) < 4.78 is 0. The van der Waals surface area contributed by atoms with Crippen molar-refractivity contribution in [1.82, 2.24) is 4.98 Å². The molecule has 0 radical (unpaired) electrons. The minimum atomic E-state index is -0.522. The molecule has 0 saturated heterocycles. The molecular weight excluding hydrogens is 224 g/mol. The molecule has 0 amide bonds. The van der Waals surface area contributed by atoms with Gasteiger partial charge in [-0.2, -0.15) is 5.26 Å². The van der Waals surface area contributed by atoms with Gasteiger partial charge in [-0.15, -0.1) is 0 Å². The van der Waals surface area contributed by atoms with Crippen LogP contribution in [0.15, 0.2) is 30.5 Å². The highest BCUT2D eigenvalue weighted by Crippen LogP contribution is 2.25. The van der Waals surface area contributed by atoms with Crippen LogP contribution in [0.4, 0.5) is 0 Å². The summed E-state index contributed by atoms with van der Waals surface area (Å²) >= 11 is 5.86. The normalized spacial score (nSPS) is 12.3. The molecule has 1 unspecified atom stereocenters. The molecule has 1 heterocycles. The molecule has 0 fully saturated rings. The van der Waals surface area contributed by atoms with Crippen LogP contribution in [0.2, 0.25) is 5.02 Å². The fourth-order valence-corrected chi connectivity index (χ4v) is 1.82. The molecule has 0 aliphatic heterocycles. The van der Waals surface area contributed by atoms with Gasteiger partial charge in [0.1, 0.15) is 0 Å². The SMILES string of the molecule is N#CC(CO)c1ccnc2cc(Cl)ccc12. The number of rotatable bonds is 2. The maximum atomic E-state index is 9.12. The van der Waals surface area contributed by atoms with Gasteiger partial charge in [0.2, 0.25) is 0 Å². The molecule has 16 heavy (non-hydrogen) atoms. The second-order valence-electron chi connectivity index (χ2n) is 3.43. The van der Waals surface area contributed by atoms with Crippen molar-refractivity contribution in [1.29, 1.82) is 5.26 Å². The Morgan fingerprint density at radius 3 is 2.94 bits per heavy atom. The summed E-state index contributed by atoms with van der Waals surface area (Å²) in [5.74, 6) is -0.522. The van der Waals surface area contributed by atoms with Crippen molar-refractivity contribution >= 4 is 22.5 Å². The number of nitrogens with zero attached hydrogens (tertiary/aromatic N) is 2. The molecule has 0 aliphatic rings. The number of halogens is 1. The Labute approximate surface area is 97.9 Å². The Bertz CT molecular complexity index is 562. The quantitative estimate of drug-likeness (QED) is 0.866. The summed E-state index contributed by atoms with van der Waals surface area (Å²) in [5, 5.41) is 19.5. The van der Waals surface area contributed by atoms with Crippen molar-refractivity contribution in [3.63, 3.8) is 0 Å². The van der Waals surface area contributed by atoms with Gasteiger partial charge < -0.3 is 5.11 Å². The van der Waals surface area contributed by atoms with Gasteiger partial charge in [0.25, 0.3) is 0 Å². The monoisotopic (exact) mass is 232 g/mol. The fourth-order valence-electron chi connectivity index (χ4n) is 1.66. The fraction of sp³-hybridized carbons (Fsp3) is 0.167. The van der Waals surface area contributed by atoms with Gasteiger partial charge in [0, 0.05) is 16.6 Å². The van der Waals surface area contributed by atoms with Crippen molar-refractivity contribution in [3.05, 3.63) is 41.0 Å². The Hall–Kier alpha value is -1.63. The van der Waals surface area contributed by atoms with Crippen LogP contribution in [0.5, 0.6) is 0 Å². The van der Waals surface area contributed by atoms with Crippen molar-refractivity contribution in [2.75, 3.05) is 6.61 Å². The summed E-state index contributed by atoms with van der Waals surface area (Å²) in [6.07, 6.45) is 1.62. The van der Waals surface area contributed by atoms with E-state index in [9.17, 15) is 0 Å². The number of pyridine rings is 1. The Morgan fingerprint density at radius 1 is 1.44 bits per heavy atom. The highest BCUT2D eigenvalue weighted by molar-refractivity contribution is 6.31. The van der Waals surface area contributed by atoms with E-state index in [0.29, 0.717) is 5.02 Å². The van der Waals surface area contributed by atoms with E-state index in [1.54, 1.807) is 24.4 Å². The van der Waals surface area contributed by atoms with Crippen LogP contribution in [-0.2, 0) is 0 Å². The van der Waals surface area contributed by atoms with Gasteiger partial charge in [-0.25, -0.2) is 0 Å². The number of aliphatic hydroxyl groups excluding tert-OH is 1. The first-order valence-corrected chi connectivity index (χ1v) is 5.18. The Kier molecular flexibility index (Phi) is 3.04. The largest absolute Gasteiger partial charge is 0.395 e. The van der Waals surface area contributed by atoms with E-state index in [4.69, 9.17) is 22.0 Å². The standard InChI is InChI=1S/C12H9ClN2O/c13-9-1-2-11-10(8(6-14)7-16)3-4-15-12(11)5-9/h1-5,8,16H,7H2. The zero-order valence-corrected chi connectivity index (χ0v) is 9.15. The van der Waals surface area contributed by atoms with Crippen LogP contribution < -0.4 is 0 Å². The number of nitriles is 1. The van der Waals surface area contributed by atoms with Gasteiger partial charge >= 0.3 is 0 Å². The second kappa shape index (κ2) is 4.48. The molecule has 2 aromatic rings. The predicted octanol–water partition coefficient (Wildman–Crippen LogP) is 2.49. The molecule has 0 aliphatic carbocycles. The van der Waals surface area contributed by atoms with Crippen LogP contribution in [0.3, 0.4) is 0 Å². The molecule has 1 aromatic heterocycles. The third-order valence-corrected chi connectivity index (χ3v) is 2.69. The van der Waals surface area contributed by atoms with E-state index in [2.05, 4.69) is 11.1 Å². The van der Waals surface area contributed by atoms with Crippen molar-refractivity contribution in [2.24, 2.45) is 0 Å². The lowest BCUT2D eigenvalue weighted by molar-refractivity contribution is 0.286. The predicted molar refractivity (Wildman–Crippen MR) is 62.2 cm³/mol. The lowest BCUT2D eigenvalue weighted by atomic mass is 9.98. The molecule has 0 saturated carbocycles. The van der Waals surface area contributed by atoms with Crippen LogP contribution in [0, 0.1) is 11.3 Å². The maximum Gasteiger partial charge on any atom is 0.0950 e. The van der Waals surface area contributed by atoms with Crippen LogP contribution in [0.25, 0.3) is 10.9 Å². The zero-order valence-electron chi connectivity index (χ0n) is 8.39. The number of hydrogen-bond donors (Lipinski definition) is 1. The number of hydrogen-bond acceptors (Lipinski definition) is 3. The van der Waals surface area contributed by atoms with Gasteiger partial charge in [0.05, 0.1) is 24.1 Å². The first-order valence-electron chi connectivity index (χ1n) is 4.81. The number of aromatic nitrogens is 1. The van der Waals surface area contributed by atoms with Crippen LogP contribution >= 0.6 is 11.6 Å². The zero-order chi connectivity index (χ0) is 11.5. The molecule has 1 atom stereocenters. The summed E-state index contributed by atoms with van der Waals surface area (Å²) in [4.78, 5) is 4.18. The minimum Gasteiger partial charge on any atom is -0.395 e. The van der Waals surface area contributed by atoms with Crippen molar-refractivity contribution < 1.29 is 5.11 Å². The lowest BCUT2D eigenvalue weighted by Gasteiger charge is -2.09. The molecule has 0 spiro atoms. The topological polar surface area (TPSA) is 56.9 Å². The molecule has 0 bridgehead atoms. The molecule has 80 valence electrons. The number of benzene rings is 1. The van der Waals surface area contributed by atoms with E-state index in [0.717, 1.165) is 16.5 Å². The highest BCUT2D eigenvalue weighted by atomic mass is 35.5. The smallest absolute Gasteiger partial charge is 0.0950 e. The molecule has 4 heteroatoms. The highest BCUT2D eigenvalue weighted by Gasteiger charge is 2.12. The van der Waals surface area contributed by atoms with E-state index in [1.807, 2.05) is 6.07 Å². The summed E-state index contributed by atoms with van der Waals surface area (Å²) in [7, 11) is 0. The van der Waals surface area contributed by atoms with Gasteiger partial charge in [-0.1, -0.05) is 17.7 Å². The van der Waals surface area contributed by atoms with Crippen molar-refractivity contribution in [3.8, 4) is 6.07 Å². The van der Waals surface area contributed by atoms with Crippen molar-refractivity contribution in [2.45, 2.75) is 5.92 Å². The first kappa shape index (κ1) is 10.9. The average molecular weight is 233 g/mol. The molecule has 1 aromatic carbocycles. The van der Waals surface area contributed by atoms with E-state index < -0.39 is 5.92 Å². The third-order valence-electron chi connectivity index (χ3n) is 2.45. The Morgan fingerprint density at radius 2 is 2.25 bits per heavy atom. The van der Waals surface area contributed by atoms with Gasteiger partial charge in [0.15, 0.2) is 0 Å². The molecule has 3 nitrogen and oxygen atoms in total. The number of aliphatic hydroxyl groups is 1. The average Bonchev–Trinajstić information content (AvgIpc) is 2.30.